The SMILES string of the molecule is CCC[CH2][SnH].CCC[CH2][Sn][CH2]CCC.O=C(O)CC(O)C(O)=S. The molecule has 23 heavy (non-hydrogen) atoms. The first kappa shape index (κ1) is 28.7. The molecule has 0 amide bonds. The van der Waals surface area contributed by atoms with E-state index < -0.39 is 23.5 Å². The third kappa shape index (κ3) is 35.0. The van der Waals surface area contributed by atoms with E-state index in [1.807, 2.05) is 0 Å². The van der Waals surface area contributed by atoms with Gasteiger partial charge >= 0.3 is 122 Å². The van der Waals surface area contributed by atoms with Gasteiger partial charge in [0.05, 0.1) is 6.42 Å². The molecule has 4 nitrogen and oxygen atoms in total. The Bertz CT molecular complexity index is 258. The summed E-state index contributed by atoms with van der Waals surface area (Å²) in [5.41, 5.74) is 0. The van der Waals surface area contributed by atoms with E-state index >= 15 is 0 Å². The van der Waals surface area contributed by atoms with Crippen molar-refractivity contribution in [3.05, 3.63) is 0 Å². The zero-order valence-electron chi connectivity index (χ0n) is 14.9. The fourth-order valence-electron chi connectivity index (χ4n) is 1.19. The van der Waals surface area contributed by atoms with Crippen LogP contribution in [0, 0.1) is 0 Å². The van der Waals surface area contributed by atoms with Crippen molar-refractivity contribution in [3.8, 4) is 0 Å². The second-order valence-electron chi connectivity index (χ2n) is 5.05. The van der Waals surface area contributed by atoms with Crippen molar-refractivity contribution in [3.63, 3.8) is 0 Å². The number of aliphatic hydroxyl groups excluding tert-OH is 2. The molecule has 136 valence electrons. The molecule has 4 radical (unpaired) electrons. The zero-order valence-corrected chi connectivity index (χ0v) is 21.9. The molecule has 0 aromatic carbocycles. The molecule has 1 atom stereocenters. The van der Waals surface area contributed by atoms with Crippen LogP contribution in [0.15, 0.2) is 0 Å². The second-order valence-corrected chi connectivity index (χ2v) is 11.4. The fourth-order valence-corrected chi connectivity index (χ4v) is 6.59. The van der Waals surface area contributed by atoms with Gasteiger partial charge in [0.15, 0.2) is 5.05 Å². The Labute approximate surface area is 171 Å². The van der Waals surface area contributed by atoms with Gasteiger partial charge in [0.1, 0.15) is 6.10 Å². The monoisotopic (exact) mass is 562 g/mol. The first-order chi connectivity index (χ1) is 10.9. The molecular weight excluding hydrogens is 526 g/mol. The largest absolute Gasteiger partial charge is 0.500 e. The van der Waals surface area contributed by atoms with E-state index in [-0.39, 0.29) is 21.1 Å². The molecule has 0 saturated carbocycles. The van der Waals surface area contributed by atoms with Gasteiger partial charge in [0.25, 0.3) is 0 Å². The van der Waals surface area contributed by atoms with Gasteiger partial charge in [0.2, 0.25) is 0 Å². The Hall–Kier alpha value is 0.917. The van der Waals surface area contributed by atoms with E-state index in [2.05, 4.69) is 33.0 Å². The molecule has 0 aliphatic rings. The van der Waals surface area contributed by atoms with E-state index in [1.54, 1.807) is 8.87 Å². The van der Waals surface area contributed by atoms with Gasteiger partial charge < -0.3 is 15.3 Å². The van der Waals surface area contributed by atoms with Crippen LogP contribution in [0.1, 0.15) is 65.7 Å². The van der Waals surface area contributed by atoms with Gasteiger partial charge in [0, 0.05) is 0 Å². The summed E-state index contributed by atoms with van der Waals surface area (Å²) in [4.78, 5) is 9.78. The summed E-state index contributed by atoms with van der Waals surface area (Å²) in [7, 11) is 0. The van der Waals surface area contributed by atoms with Crippen LogP contribution in [0.3, 0.4) is 0 Å². The number of hydrogen-bond acceptors (Lipinski definition) is 3. The zero-order chi connectivity index (χ0) is 18.5. The molecule has 0 saturated heterocycles. The maximum atomic E-state index is 9.78. The molecule has 3 N–H and O–H groups in total. The number of carboxylic acid groups (broad SMARTS) is 1. The van der Waals surface area contributed by atoms with E-state index in [0.717, 1.165) is 0 Å². The van der Waals surface area contributed by atoms with Crippen LogP contribution < -0.4 is 0 Å². The summed E-state index contributed by atoms with van der Waals surface area (Å²) in [6.07, 6.45) is 6.70. The minimum Gasteiger partial charge on any atom is -0.500 e. The van der Waals surface area contributed by atoms with Crippen LogP contribution in [0.5, 0.6) is 0 Å². The van der Waals surface area contributed by atoms with Gasteiger partial charge in [-0.1, -0.05) is 0 Å². The van der Waals surface area contributed by atoms with Crippen LogP contribution in [-0.2, 0) is 4.79 Å². The summed E-state index contributed by atoms with van der Waals surface area (Å²) in [6.45, 7) is 6.81. The minimum atomic E-state index is -1.42. The number of aliphatic hydroxyl groups is 2. The molecule has 0 aliphatic heterocycles. The summed E-state index contributed by atoms with van der Waals surface area (Å²) < 4.78 is 4.72. The van der Waals surface area contributed by atoms with Crippen molar-refractivity contribution in [1.82, 2.24) is 0 Å². The minimum absolute atomic E-state index is 0.149. The topological polar surface area (TPSA) is 77.8 Å². The molecule has 0 bridgehead atoms. The predicted molar refractivity (Wildman–Crippen MR) is 106 cm³/mol. The number of unbranched alkanes of at least 4 members (excludes halogenated alkanes) is 3. The van der Waals surface area contributed by atoms with E-state index in [4.69, 9.17) is 15.3 Å². The van der Waals surface area contributed by atoms with Crippen molar-refractivity contribution in [2.24, 2.45) is 0 Å². The van der Waals surface area contributed by atoms with Crippen molar-refractivity contribution in [2.45, 2.75) is 85.1 Å². The number of thiocarbonyl (C=S) groups is 1. The van der Waals surface area contributed by atoms with E-state index in [1.165, 1.54) is 65.5 Å². The Morgan fingerprint density at radius 1 is 1.04 bits per heavy atom. The average Bonchev–Trinajstić information content (AvgIpc) is 2.48. The maximum Gasteiger partial charge on any atom is 0.306 e. The Morgan fingerprint density at radius 3 is 1.65 bits per heavy atom. The van der Waals surface area contributed by atoms with Gasteiger partial charge in [-0.05, 0) is 12.2 Å². The maximum absolute atomic E-state index is 9.78. The Kier molecular flexibility index (Phi) is 31.4. The van der Waals surface area contributed by atoms with Crippen molar-refractivity contribution in [1.29, 1.82) is 0 Å². The third-order valence-corrected chi connectivity index (χ3v) is 8.10. The van der Waals surface area contributed by atoms with Gasteiger partial charge in [-0.15, -0.1) is 0 Å². The van der Waals surface area contributed by atoms with Crippen molar-refractivity contribution < 1.29 is 20.1 Å². The van der Waals surface area contributed by atoms with Gasteiger partial charge in [-0.25, -0.2) is 0 Å². The van der Waals surface area contributed by atoms with E-state index in [0.29, 0.717) is 0 Å². The standard InChI is InChI=1S/C4H6O4S.3C4H9.2Sn.H/c5-2(4(8)9)1-3(6)7;3*1-3-4-2;;;/h2,5H,1H2,(H,6,7)(H,8,9);3*1,3-4H2,2H3;;;. The van der Waals surface area contributed by atoms with Crippen LogP contribution in [0.4, 0.5) is 0 Å². The summed E-state index contributed by atoms with van der Waals surface area (Å²) in [5, 5.41) is 24.1. The van der Waals surface area contributed by atoms with Crippen LogP contribution in [0.25, 0.3) is 0 Å². The molecule has 0 rings (SSSR count). The molecule has 0 aromatic heterocycles. The molecule has 1 unspecified atom stereocenters. The predicted octanol–water partition coefficient (Wildman–Crippen LogP) is 3.94. The van der Waals surface area contributed by atoms with Gasteiger partial charge in [-0.3, -0.25) is 4.79 Å². The van der Waals surface area contributed by atoms with Crippen molar-refractivity contribution >= 4 is 66.9 Å². The quantitative estimate of drug-likeness (QED) is 0.203. The average molecular weight is 560 g/mol. The fraction of sp³-hybridized carbons (Fsp3) is 0.875. The Morgan fingerprint density at radius 2 is 1.48 bits per heavy atom. The molecular formula is C16H34O4SSn2. The number of carbonyl (C=O) groups is 1. The smallest absolute Gasteiger partial charge is 0.306 e. The number of hydrogen-bond donors (Lipinski definition) is 3. The number of carboxylic acids is 1. The molecule has 7 heteroatoms. The van der Waals surface area contributed by atoms with Crippen LogP contribution in [0.2, 0.25) is 13.3 Å². The first-order valence-electron chi connectivity index (χ1n) is 8.40. The third-order valence-electron chi connectivity index (χ3n) is 2.62. The molecule has 0 aromatic rings. The van der Waals surface area contributed by atoms with Crippen LogP contribution >= 0.6 is 12.2 Å². The number of aliphatic carboxylic acids is 1. The van der Waals surface area contributed by atoms with Crippen LogP contribution in [-0.4, -0.2) is 76.1 Å². The summed E-state index contributed by atoms with van der Waals surface area (Å²) >= 11 is 5.68. The molecule has 0 fully saturated rings. The molecule has 0 spiro atoms. The normalized spacial score (nSPS) is 10.7. The van der Waals surface area contributed by atoms with Gasteiger partial charge in [-0.2, -0.15) is 0 Å². The van der Waals surface area contributed by atoms with E-state index in [9.17, 15) is 4.79 Å². The molecule has 0 aliphatic carbocycles. The summed E-state index contributed by atoms with van der Waals surface area (Å²) in [5.74, 6) is -1.20. The van der Waals surface area contributed by atoms with Crippen molar-refractivity contribution in [2.75, 3.05) is 0 Å². The Balaban J connectivity index is -0.000000273. The number of rotatable bonds is 11. The second kappa shape index (κ2) is 25.2. The summed E-state index contributed by atoms with van der Waals surface area (Å²) in [6, 6.07) is 0. The molecule has 0 heterocycles. The first-order valence-corrected chi connectivity index (χ1v) is 15.2.